The Balaban J connectivity index is 1.55. The van der Waals surface area contributed by atoms with Crippen molar-refractivity contribution in [2.75, 3.05) is 61.1 Å². The van der Waals surface area contributed by atoms with Gasteiger partial charge in [-0.05, 0) is 38.5 Å². The summed E-state index contributed by atoms with van der Waals surface area (Å²) in [7, 11) is 1.46. The lowest BCUT2D eigenvalue weighted by molar-refractivity contribution is -0.146. The first-order chi connectivity index (χ1) is 12.7. The SMILES string of the molecule is COC(=O)C1CCN(c2nc(N3CCCC3)nc(N3CCCC3)n2)CC1. The van der Waals surface area contributed by atoms with E-state index >= 15 is 0 Å². The third-order valence-electron chi connectivity index (χ3n) is 5.69. The average molecular weight is 360 g/mol. The fraction of sp³-hybridized carbons (Fsp3) is 0.778. The number of carbonyl (C=O) groups is 1. The van der Waals surface area contributed by atoms with Crippen molar-refractivity contribution in [3.63, 3.8) is 0 Å². The lowest BCUT2D eigenvalue weighted by Gasteiger charge is -2.31. The van der Waals surface area contributed by atoms with Gasteiger partial charge in [0.05, 0.1) is 13.0 Å². The summed E-state index contributed by atoms with van der Waals surface area (Å²) in [4.78, 5) is 32.9. The molecule has 3 fully saturated rings. The Morgan fingerprint density at radius 1 is 0.769 bits per heavy atom. The minimum Gasteiger partial charge on any atom is -0.469 e. The minimum absolute atomic E-state index is 0.00538. The number of rotatable bonds is 4. The van der Waals surface area contributed by atoms with E-state index in [1.807, 2.05) is 0 Å². The van der Waals surface area contributed by atoms with E-state index in [2.05, 4.69) is 14.7 Å². The highest BCUT2D eigenvalue weighted by molar-refractivity contribution is 5.72. The number of nitrogens with zero attached hydrogens (tertiary/aromatic N) is 6. The van der Waals surface area contributed by atoms with Crippen LogP contribution in [0.3, 0.4) is 0 Å². The van der Waals surface area contributed by atoms with Gasteiger partial charge in [0.15, 0.2) is 0 Å². The van der Waals surface area contributed by atoms with Gasteiger partial charge in [-0.3, -0.25) is 4.79 Å². The highest BCUT2D eigenvalue weighted by Gasteiger charge is 2.29. The number of piperidine rings is 1. The summed E-state index contributed by atoms with van der Waals surface area (Å²) in [6.07, 6.45) is 6.37. The van der Waals surface area contributed by atoms with Crippen molar-refractivity contribution in [2.45, 2.75) is 38.5 Å². The molecule has 1 aromatic heterocycles. The molecular formula is C18H28N6O2. The Bertz CT molecular complexity index is 600. The number of carbonyl (C=O) groups excluding carboxylic acids is 1. The topological polar surface area (TPSA) is 74.7 Å². The van der Waals surface area contributed by atoms with E-state index in [9.17, 15) is 4.79 Å². The highest BCUT2D eigenvalue weighted by Crippen LogP contribution is 2.27. The second-order valence-electron chi connectivity index (χ2n) is 7.41. The van der Waals surface area contributed by atoms with Crippen molar-refractivity contribution >= 4 is 23.8 Å². The van der Waals surface area contributed by atoms with Crippen LogP contribution in [-0.4, -0.2) is 67.3 Å². The van der Waals surface area contributed by atoms with Gasteiger partial charge in [-0.25, -0.2) is 0 Å². The molecule has 0 saturated carbocycles. The zero-order valence-electron chi connectivity index (χ0n) is 15.6. The summed E-state index contributed by atoms with van der Waals surface area (Å²) < 4.78 is 4.89. The van der Waals surface area contributed by atoms with E-state index in [0.717, 1.165) is 70.0 Å². The van der Waals surface area contributed by atoms with E-state index in [1.54, 1.807) is 0 Å². The maximum Gasteiger partial charge on any atom is 0.308 e. The Kier molecular flexibility index (Phi) is 5.08. The van der Waals surface area contributed by atoms with Crippen molar-refractivity contribution in [1.29, 1.82) is 0 Å². The summed E-state index contributed by atoms with van der Waals surface area (Å²) in [5, 5.41) is 0. The van der Waals surface area contributed by atoms with Crippen molar-refractivity contribution in [2.24, 2.45) is 5.92 Å². The highest BCUT2D eigenvalue weighted by atomic mass is 16.5. The van der Waals surface area contributed by atoms with E-state index in [0.29, 0.717) is 0 Å². The van der Waals surface area contributed by atoms with Crippen LogP contribution < -0.4 is 14.7 Å². The lowest BCUT2D eigenvalue weighted by Crippen LogP contribution is -2.38. The van der Waals surface area contributed by atoms with Crippen molar-refractivity contribution in [1.82, 2.24) is 15.0 Å². The fourth-order valence-corrected chi connectivity index (χ4v) is 4.08. The second-order valence-corrected chi connectivity index (χ2v) is 7.41. The number of methoxy groups -OCH3 is 1. The van der Waals surface area contributed by atoms with Crippen LogP contribution in [0.15, 0.2) is 0 Å². The van der Waals surface area contributed by atoms with Crippen LogP contribution in [0.5, 0.6) is 0 Å². The standard InChI is InChI=1S/C18H28N6O2/c1-26-15(25)14-6-12-24(13-7-14)18-20-16(22-8-2-3-9-22)19-17(21-18)23-10-4-5-11-23/h14H,2-13H2,1H3. The summed E-state index contributed by atoms with van der Waals surface area (Å²) in [5.74, 6) is 2.27. The molecule has 0 N–H and O–H groups in total. The van der Waals surface area contributed by atoms with Crippen LogP contribution in [0.2, 0.25) is 0 Å². The Morgan fingerprint density at radius 2 is 1.15 bits per heavy atom. The summed E-state index contributed by atoms with van der Waals surface area (Å²) in [6.45, 7) is 5.65. The molecule has 26 heavy (non-hydrogen) atoms. The zero-order valence-corrected chi connectivity index (χ0v) is 15.6. The lowest BCUT2D eigenvalue weighted by atomic mass is 9.97. The number of ether oxygens (including phenoxy) is 1. The number of hydrogen-bond donors (Lipinski definition) is 0. The second kappa shape index (κ2) is 7.63. The molecule has 0 amide bonds. The van der Waals surface area contributed by atoms with Gasteiger partial charge < -0.3 is 19.4 Å². The quantitative estimate of drug-likeness (QED) is 0.747. The predicted octanol–water partition coefficient (Wildman–Crippen LogP) is 1.46. The molecular weight excluding hydrogens is 332 g/mol. The largest absolute Gasteiger partial charge is 0.469 e. The van der Waals surface area contributed by atoms with E-state index in [-0.39, 0.29) is 11.9 Å². The van der Waals surface area contributed by atoms with Gasteiger partial charge in [-0.15, -0.1) is 0 Å². The smallest absolute Gasteiger partial charge is 0.308 e. The third-order valence-corrected chi connectivity index (χ3v) is 5.69. The molecule has 0 atom stereocenters. The minimum atomic E-state index is -0.101. The van der Waals surface area contributed by atoms with Gasteiger partial charge in [-0.2, -0.15) is 15.0 Å². The molecule has 4 rings (SSSR count). The molecule has 0 aromatic carbocycles. The van der Waals surface area contributed by atoms with Crippen LogP contribution in [0.4, 0.5) is 17.8 Å². The molecule has 3 aliphatic rings. The van der Waals surface area contributed by atoms with Crippen LogP contribution in [0.1, 0.15) is 38.5 Å². The molecule has 4 heterocycles. The zero-order chi connectivity index (χ0) is 17.9. The molecule has 1 aromatic rings. The first-order valence-electron chi connectivity index (χ1n) is 9.83. The Morgan fingerprint density at radius 3 is 1.54 bits per heavy atom. The molecule has 0 spiro atoms. The van der Waals surface area contributed by atoms with E-state index in [4.69, 9.17) is 19.7 Å². The third kappa shape index (κ3) is 3.54. The van der Waals surface area contributed by atoms with Gasteiger partial charge in [-0.1, -0.05) is 0 Å². The normalized spacial score (nSPS) is 21.5. The Labute approximate surface area is 154 Å². The number of hydrogen-bond acceptors (Lipinski definition) is 8. The maximum atomic E-state index is 11.8. The number of aromatic nitrogens is 3. The molecule has 3 aliphatic heterocycles. The average Bonchev–Trinajstić information content (AvgIpc) is 3.41. The summed E-state index contributed by atoms with van der Waals surface area (Å²) in [5.41, 5.74) is 0. The van der Waals surface area contributed by atoms with Gasteiger partial charge in [0.25, 0.3) is 0 Å². The molecule has 0 aliphatic carbocycles. The van der Waals surface area contributed by atoms with Crippen molar-refractivity contribution in [3.8, 4) is 0 Å². The monoisotopic (exact) mass is 360 g/mol. The predicted molar refractivity (Wildman–Crippen MR) is 99.7 cm³/mol. The maximum absolute atomic E-state index is 11.8. The molecule has 0 radical (unpaired) electrons. The fourth-order valence-electron chi connectivity index (χ4n) is 4.08. The first-order valence-corrected chi connectivity index (χ1v) is 9.83. The van der Waals surface area contributed by atoms with E-state index in [1.165, 1.54) is 32.8 Å². The molecule has 3 saturated heterocycles. The van der Waals surface area contributed by atoms with Crippen LogP contribution >= 0.6 is 0 Å². The van der Waals surface area contributed by atoms with Crippen LogP contribution in [0, 0.1) is 5.92 Å². The molecule has 8 heteroatoms. The molecule has 142 valence electrons. The van der Waals surface area contributed by atoms with Crippen LogP contribution in [-0.2, 0) is 9.53 Å². The van der Waals surface area contributed by atoms with E-state index < -0.39 is 0 Å². The van der Waals surface area contributed by atoms with Crippen molar-refractivity contribution < 1.29 is 9.53 Å². The van der Waals surface area contributed by atoms with Crippen molar-refractivity contribution in [3.05, 3.63) is 0 Å². The molecule has 0 unspecified atom stereocenters. The van der Waals surface area contributed by atoms with Crippen LogP contribution in [0.25, 0.3) is 0 Å². The van der Waals surface area contributed by atoms with Gasteiger partial charge >= 0.3 is 5.97 Å². The number of anilines is 3. The van der Waals surface area contributed by atoms with Gasteiger partial charge in [0.1, 0.15) is 0 Å². The first kappa shape index (κ1) is 17.3. The molecule has 8 nitrogen and oxygen atoms in total. The summed E-state index contributed by atoms with van der Waals surface area (Å²) in [6, 6.07) is 0. The number of esters is 1. The van der Waals surface area contributed by atoms with Gasteiger partial charge in [0.2, 0.25) is 17.8 Å². The summed E-state index contributed by atoms with van der Waals surface area (Å²) >= 11 is 0. The van der Waals surface area contributed by atoms with Gasteiger partial charge in [0, 0.05) is 39.3 Å². The Hall–Kier alpha value is -2.12. The molecule has 0 bridgehead atoms.